The summed E-state index contributed by atoms with van der Waals surface area (Å²) in [5.74, 6) is 0. The fourth-order valence-corrected chi connectivity index (χ4v) is 1.41. The van der Waals surface area contributed by atoms with Crippen molar-refractivity contribution in [3.8, 4) is 5.69 Å². The molecule has 12 heavy (non-hydrogen) atoms. The summed E-state index contributed by atoms with van der Waals surface area (Å²) in [6, 6.07) is 7.90. The van der Waals surface area contributed by atoms with Crippen molar-refractivity contribution in [2.75, 3.05) is 0 Å². The lowest BCUT2D eigenvalue weighted by molar-refractivity contribution is 0.719. The summed E-state index contributed by atoms with van der Waals surface area (Å²) < 4.78 is 1.16. The minimum Gasteiger partial charge on any atom is -0.135 e. The normalized spacial score (nSPS) is 10.1. The maximum Gasteiger partial charge on any atom is 0.162 e. The molecule has 2 rings (SSSR count). The summed E-state index contributed by atoms with van der Waals surface area (Å²) in [5.41, 5.74) is 0.930. The number of tetrazole rings is 1. The van der Waals surface area contributed by atoms with Gasteiger partial charge in [-0.2, -0.15) is 0 Å². The number of halogens is 1. The molecule has 60 valence electrons. The third-order valence-electron chi connectivity index (χ3n) is 1.39. The number of nitrogens with zero attached hydrogens (tertiary/aromatic N) is 4. The third-order valence-corrected chi connectivity index (χ3v) is 2.06. The molecule has 0 spiro atoms. The van der Waals surface area contributed by atoms with Crippen LogP contribution in [0, 0.1) is 3.57 Å². The second-order valence-corrected chi connectivity index (χ2v) is 3.45. The Kier molecular flexibility index (Phi) is 2.03. The first-order valence-corrected chi connectivity index (χ1v) is 4.43. The number of aromatic nitrogens is 4. The Morgan fingerprint density at radius 3 is 2.92 bits per heavy atom. The van der Waals surface area contributed by atoms with Crippen molar-refractivity contribution >= 4 is 22.6 Å². The predicted molar refractivity (Wildman–Crippen MR) is 51.9 cm³/mol. The fourth-order valence-electron chi connectivity index (χ4n) is 0.886. The standard InChI is InChI=1S/C7H5IN4/c8-6-2-1-3-7(4-6)12-10-5-9-11-12/h1-5H. The highest BCUT2D eigenvalue weighted by molar-refractivity contribution is 14.1. The molecule has 1 aromatic carbocycles. The highest BCUT2D eigenvalue weighted by atomic mass is 127. The quantitative estimate of drug-likeness (QED) is 0.734. The van der Waals surface area contributed by atoms with Crippen LogP contribution < -0.4 is 0 Å². The van der Waals surface area contributed by atoms with Crippen LogP contribution in [-0.2, 0) is 0 Å². The van der Waals surface area contributed by atoms with Gasteiger partial charge in [-0.05, 0) is 46.0 Å². The Bertz CT molecular complexity index is 371. The van der Waals surface area contributed by atoms with E-state index in [1.807, 2.05) is 24.3 Å². The van der Waals surface area contributed by atoms with Crippen LogP contribution in [0.1, 0.15) is 0 Å². The van der Waals surface area contributed by atoms with E-state index in [2.05, 4.69) is 38.0 Å². The molecule has 0 aliphatic heterocycles. The molecule has 0 amide bonds. The Balaban J connectivity index is 2.48. The van der Waals surface area contributed by atoms with Gasteiger partial charge in [0, 0.05) is 3.57 Å². The summed E-state index contributed by atoms with van der Waals surface area (Å²) >= 11 is 2.24. The van der Waals surface area contributed by atoms with Crippen LogP contribution in [0.15, 0.2) is 30.6 Å². The third kappa shape index (κ3) is 1.45. The van der Waals surface area contributed by atoms with Gasteiger partial charge in [0.25, 0.3) is 0 Å². The van der Waals surface area contributed by atoms with Gasteiger partial charge in [-0.15, -0.1) is 15.0 Å². The van der Waals surface area contributed by atoms with Crippen molar-refractivity contribution in [2.45, 2.75) is 0 Å². The van der Waals surface area contributed by atoms with Crippen LogP contribution in [0.4, 0.5) is 0 Å². The van der Waals surface area contributed by atoms with Gasteiger partial charge in [0.2, 0.25) is 0 Å². The van der Waals surface area contributed by atoms with E-state index in [-0.39, 0.29) is 0 Å². The minimum absolute atomic E-state index is 0.930. The molecule has 0 aliphatic rings. The summed E-state index contributed by atoms with van der Waals surface area (Å²) in [5, 5.41) is 11.3. The molecule has 0 bridgehead atoms. The van der Waals surface area contributed by atoms with Crippen molar-refractivity contribution in [1.82, 2.24) is 20.2 Å². The minimum atomic E-state index is 0.930. The van der Waals surface area contributed by atoms with Crippen molar-refractivity contribution < 1.29 is 0 Å². The van der Waals surface area contributed by atoms with E-state index in [4.69, 9.17) is 0 Å². The average Bonchev–Trinajstić information content (AvgIpc) is 2.56. The molecule has 0 atom stereocenters. The SMILES string of the molecule is Ic1cccc(-n2ncnn2)c1. The summed E-state index contributed by atoms with van der Waals surface area (Å²) in [7, 11) is 0. The first-order valence-electron chi connectivity index (χ1n) is 3.35. The number of benzene rings is 1. The maximum atomic E-state index is 3.92. The van der Waals surface area contributed by atoms with Crippen LogP contribution in [0.3, 0.4) is 0 Å². The molecule has 0 fully saturated rings. The smallest absolute Gasteiger partial charge is 0.135 e. The molecule has 4 nitrogen and oxygen atoms in total. The molecule has 5 heteroatoms. The van der Waals surface area contributed by atoms with Gasteiger partial charge in [-0.1, -0.05) is 6.07 Å². The lowest BCUT2D eigenvalue weighted by atomic mass is 10.3. The highest BCUT2D eigenvalue weighted by Crippen LogP contribution is 2.09. The van der Waals surface area contributed by atoms with Crippen molar-refractivity contribution in [3.05, 3.63) is 34.2 Å². The zero-order valence-corrected chi connectivity index (χ0v) is 8.21. The summed E-state index contributed by atoms with van der Waals surface area (Å²) in [4.78, 5) is 1.49. The van der Waals surface area contributed by atoms with Crippen molar-refractivity contribution in [2.24, 2.45) is 0 Å². The van der Waals surface area contributed by atoms with Crippen LogP contribution in [-0.4, -0.2) is 20.2 Å². The Hall–Kier alpha value is -0.980. The highest BCUT2D eigenvalue weighted by Gasteiger charge is 1.96. The zero-order valence-electron chi connectivity index (χ0n) is 6.05. The summed E-state index contributed by atoms with van der Waals surface area (Å²) in [6.07, 6.45) is 1.42. The molecule has 0 radical (unpaired) electrons. The van der Waals surface area contributed by atoms with Crippen molar-refractivity contribution in [1.29, 1.82) is 0 Å². The molecule has 0 saturated heterocycles. The topological polar surface area (TPSA) is 43.6 Å². The average molecular weight is 272 g/mol. The van der Waals surface area contributed by atoms with E-state index in [1.54, 1.807) is 0 Å². The molecule has 2 aromatic rings. The monoisotopic (exact) mass is 272 g/mol. The zero-order chi connectivity index (χ0) is 8.39. The van der Waals surface area contributed by atoms with Gasteiger partial charge < -0.3 is 0 Å². The van der Waals surface area contributed by atoms with E-state index < -0.39 is 0 Å². The van der Waals surface area contributed by atoms with Gasteiger partial charge in [-0.3, -0.25) is 0 Å². The second kappa shape index (κ2) is 3.18. The van der Waals surface area contributed by atoms with Gasteiger partial charge in [0.1, 0.15) is 0 Å². The number of rotatable bonds is 1. The van der Waals surface area contributed by atoms with Crippen LogP contribution >= 0.6 is 22.6 Å². The van der Waals surface area contributed by atoms with E-state index >= 15 is 0 Å². The van der Waals surface area contributed by atoms with Crippen LogP contribution in [0.5, 0.6) is 0 Å². The lowest BCUT2D eigenvalue weighted by Gasteiger charge is -1.97. The van der Waals surface area contributed by atoms with Crippen molar-refractivity contribution in [3.63, 3.8) is 0 Å². The molecule has 0 aliphatic carbocycles. The Morgan fingerprint density at radius 1 is 1.33 bits per heavy atom. The number of hydrogen-bond donors (Lipinski definition) is 0. The summed E-state index contributed by atoms with van der Waals surface area (Å²) in [6.45, 7) is 0. The molecule has 0 unspecified atom stereocenters. The molecular formula is C7H5IN4. The Labute approximate surface area is 82.7 Å². The largest absolute Gasteiger partial charge is 0.162 e. The van der Waals surface area contributed by atoms with Gasteiger partial charge in [0.05, 0.1) is 5.69 Å². The fraction of sp³-hybridized carbons (Fsp3) is 0. The van der Waals surface area contributed by atoms with E-state index in [0.29, 0.717) is 0 Å². The first kappa shape index (κ1) is 7.66. The van der Waals surface area contributed by atoms with E-state index in [1.165, 1.54) is 11.1 Å². The van der Waals surface area contributed by atoms with E-state index in [9.17, 15) is 0 Å². The second-order valence-electron chi connectivity index (χ2n) is 2.21. The number of hydrogen-bond acceptors (Lipinski definition) is 3. The van der Waals surface area contributed by atoms with Gasteiger partial charge in [-0.25, -0.2) is 0 Å². The first-order chi connectivity index (χ1) is 5.86. The maximum absolute atomic E-state index is 3.92. The molecule has 1 aromatic heterocycles. The van der Waals surface area contributed by atoms with Gasteiger partial charge >= 0.3 is 0 Å². The Morgan fingerprint density at radius 2 is 2.25 bits per heavy atom. The van der Waals surface area contributed by atoms with Crippen LogP contribution in [0.2, 0.25) is 0 Å². The van der Waals surface area contributed by atoms with E-state index in [0.717, 1.165) is 9.26 Å². The molecular weight excluding hydrogens is 267 g/mol. The molecule has 0 N–H and O–H groups in total. The molecule has 0 saturated carbocycles. The lowest BCUT2D eigenvalue weighted by Crippen LogP contribution is -1.98. The predicted octanol–water partition coefficient (Wildman–Crippen LogP) is 1.27. The molecule has 1 heterocycles. The van der Waals surface area contributed by atoms with Gasteiger partial charge in [0.15, 0.2) is 6.33 Å². The van der Waals surface area contributed by atoms with Crippen LogP contribution in [0.25, 0.3) is 5.69 Å².